The highest BCUT2D eigenvalue weighted by atomic mass is 16.5. The monoisotopic (exact) mass is 229 g/mol. The first-order valence-electron chi connectivity index (χ1n) is 6.20. The van der Waals surface area contributed by atoms with E-state index in [4.69, 9.17) is 11.2 Å². The third-order valence-corrected chi connectivity index (χ3v) is 3.00. The molecule has 0 spiro atoms. The Labute approximate surface area is 103 Å². The quantitative estimate of drug-likeness (QED) is 0.618. The van der Waals surface area contributed by atoms with Crippen molar-refractivity contribution >= 4 is 0 Å². The molecule has 0 saturated heterocycles. The average Bonchev–Trinajstić information content (AvgIpc) is 2.70. The Morgan fingerprint density at radius 2 is 2.41 bits per heavy atom. The number of fused-ring (bicyclic) bond motifs is 1. The van der Waals surface area contributed by atoms with Crippen molar-refractivity contribution in [2.75, 3.05) is 13.1 Å². The molecule has 0 fully saturated rings. The molecule has 1 aliphatic heterocycles. The minimum atomic E-state index is 0.276. The first kappa shape index (κ1) is 12.0. The standard InChI is InChI=1S/C15H19NO/c1-3-4-5-8-16-11-14-10-13-9-12(2)6-7-15(13)17-14/h1,6-7,9,14,16H,4-5,8,10-11H2,2H3. The first-order valence-corrected chi connectivity index (χ1v) is 6.20. The van der Waals surface area contributed by atoms with E-state index in [0.29, 0.717) is 0 Å². The molecule has 1 heterocycles. The van der Waals surface area contributed by atoms with E-state index in [-0.39, 0.29) is 6.10 Å². The van der Waals surface area contributed by atoms with E-state index in [1.54, 1.807) is 0 Å². The van der Waals surface area contributed by atoms with Crippen molar-refractivity contribution in [3.63, 3.8) is 0 Å². The van der Waals surface area contributed by atoms with E-state index >= 15 is 0 Å². The molecule has 1 atom stereocenters. The minimum Gasteiger partial charge on any atom is -0.488 e. The highest BCUT2D eigenvalue weighted by Crippen LogP contribution is 2.29. The second-order valence-electron chi connectivity index (χ2n) is 4.57. The van der Waals surface area contributed by atoms with Gasteiger partial charge in [-0.3, -0.25) is 0 Å². The van der Waals surface area contributed by atoms with Crippen molar-refractivity contribution in [2.45, 2.75) is 32.3 Å². The topological polar surface area (TPSA) is 21.3 Å². The normalized spacial score (nSPS) is 17.3. The van der Waals surface area contributed by atoms with Crippen LogP contribution in [0.25, 0.3) is 0 Å². The summed E-state index contributed by atoms with van der Waals surface area (Å²) >= 11 is 0. The van der Waals surface area contributed by atoms with Gasteiger partial charge in [0.2, 0.25) is 0 Å². The highest BCUT2D eigenvalue weighted by molar-refractivity contribution is 5.40. The SMILES string of the molecule is C#CCCCNCC1Cc2cc(C)ccc2O1. The number of ether oxygens (including phenoxy) is 1. The zero-order valence-electron chi connectivity index (χ0n) is 10.3. The Morgan fingerprint density at radius 3 is 3.24 bits per heavy atom. The van der Waals surface area contributed by atoms with Gasteiger partial charge in [-0.05, 0) is 31.5 Å². The van der Waals surface area contributed by atoms with E-state index in [1.165, 1.54) is 11.1 Å². The molecule has 0 aromatic heterocycles. The number of hydrogen-bond donors (Lipinski definition) is 1. The van der Waals surface area contributed by atoms with Crippen LogP contribution in [0.2, 0.25) is 0 Å². The van der Waals surface area contributed by atoms with Gasteiger partial charge in [0.25, 0.3) is 0 Å². The maximum atomic E-state index is 5.87. The summed E-state index contributed by atoms with van der Waals surface area (Å²) in [6.07, 6.45) is 8.37. The lowest BCUT2D eigenvalue weighted by Gasteiger charge is -2.11. The van der Waals surface area contributed by atoms with E-state index in [9.17, 15) is 0 Å². The molecule has 2 heteroatoms. The van der Waals surface area contributed by atoms with E-state index in [2.05, 4.69) is 36.4 Å². The van der Waals surface area contributed by atoms with E-state index in [0.717, 1.165) is 38.1 Å². The lowest BCUT2D eigenvalue weighted by molar-refractivity contribution is 0.228. The van der Waals surface area contributed by atoms with Gasteiger partial charge in [-0.2, -0.15) is 0 Å². The Bertz CT molecular complexity index is 419. The third kappa shape index (κ3) is 3.25. The predicted molar refractivity (Wildman–Crippen MR) is 70.2 cm³/mol. The molecule has 0 radical (unpaired) electrons. The van der Waals surface area contributed by atoms with Gasteiger partial charge >= 0.3 is 0 Å². The summed E-state index contributed by atoms with van der Waals surface area (Å²) in [5.41, 5.74) is 2.63. The van der Waals surface area contributed by atoms with Gasteiger partial charge in [0.1, 0.15) is 11.9 Å². The summed E-state index contributed by atoms with van der Waals surface area (Å²) in [6, 6.07) is 6.39. The summed E-state index contributed by atoms with van der Waals surface area (Å²) in [7, 11) is 0. The van der Waals surface area contributed by atoms with Crippen LogP contribution in [0.15, 0.2) is 18.2 Å². The number of benzene rings is 1. The highest BCUT2D eigenvalue weighted by Gasteiger charge is 2.21. The number of unbranched alkanes of at least 4 members (excludes halogenated alkanes) is 1. The number of nitrogens with one attached hydrogen (secondary N) is 1. The van der Waals surface area contributed by atoms with Crippen LogP contribution in [0.1, 0.15) is 24.0 Å². The van der Waals surface area contributed by atoms with Crippen LogP contribution in [-0.2, 0) is 6.42 Å². The van der Waals surface area contributed by atoms with Crippen molar-refractivity contribution in [3.05, 3.63) is 29.3 Å². The summed E-state index contributed by atoms with van der Waals surface area (Å²) in [5, 5.41) is 3.39. The molecule has 2 rings (SSSR count). The molecule has 0 saturated carbocycles. The van der Waals surface area contributed by atoms with Gasteiger partial charge in [-0.25, -0.2) is 0 Å². The second-order valence-corrected chi connectivity index (χ2v) is 4.57. The van der Waals surface area contributed by atoms with Crippen molar-refractivity contribution in [2.24, 2.45) is 0 Å². The fourth-order valence-electron chi connectivity index (χ4n) is 2.14. The smallest absolute Gasteiger partial charge is 0.123 e. The average molecular weight is 229 g/mol. The third-order valence-electron chi connectivity index (χ3n) is 3.00. The van der Waals surface area contributed by atoms with Crippen molar-refractivity contribution in [3.8, 4) is 18.1 Å². The maximum Gasteiger partial charge on any atom is 0.123 e. The number of rotatable bonds is 5. The number of hydrogen-bond acceptors (Lipinski definition) is 2. The van der Waals surface area contributed by atoms with Crippen LogP contribution in [-0.4, -0.2) is 19.2 Å². The molecule has 1 aromatic carbocycles. The first-order chi connectivity index (χ1) is 8.29. The minimum absolute atomic E-state index is 0.276. The molecule has 2 nitrogen and oxygen atoms in total. The molecule has 0 aliphatic carbocycles. The molecule has 90 valence electrons. The fraction of sp³-hybridized carbons (Fsp3) is 0.467. The summed E-state index contributed by atoms with van der Waals surface area (Å²) < 4.78 is 5.87. The summed E-state index contributed by atoms with van der Waals surface area (Å²) in [6.45, 7) is 3.99. The predicted octanol–water partition coefficient (Wildman–Crippen LogP) is 2.30. The number of aryl methyl sites for hydroxylation is 1. The van der Waals surface area contributed by atoms with E-state index < -0.39 is 0 Å². The van der Waals surface area contributed by atoms with Gasteiger partial charge in [0.05, 0.1) is 0 Å². The Kier molecular flexibility index (Phi) is 4.06. The maximum absolute atomic E-state index is 5.87. The van der Waals surface area contributed by atoms with E-state index in [1.807, 2.05) is 0 Å². The Hall–Kier alpha value is -1.46. The van der Waals surface area contributed by atoms with Gasteiger partial charge in [0.15, 0.2) is 0 Å². The van der Waals surface area contributed by atoms with Crippen molar-refractivity contribution < 1.29 is 4.74 Å². The van der Waals surface area contributed by atoms with Crippen molar-refractivity contribution in [1.82, 2.24) is 5.32 Å². The molecule has 1 aliphatic rings. The van der Waals surface area contributed by atoms with Gasteiger partial charge in [-0.1, -0.05) is 17.7 Å². The van der Waals surface area contributed by atoms with Crippen LogP contribution >= 0.6 is 0 Å². The zero-order chi connectivity index (χ0) is 12.1. The van der Waals surface area contributed by atoms with Gasteiger partial charge < -0.3 is 10.1 Å². The zero-order valence-corrected chi connectivity index (χ0v) is 10.3. The van der Waals surface area contributed by atoms with Crippen LogP contribution in [0.5, 0.6) is 5.75 Å². The van der Waals surface area contributed by atoms with Crippen molar-refractivity contribution in [1.29, 1.82) is 0 Å². The lowest BCUT2D eigenvalue weighted by Crippen LogP contribution is -2.30. The molecular weight excluding hydrogens is 210 g/mol. The summed E-state index contributed by atoms with van der Waals surface area (Å²) in [5.74, 6) is 3.69. The van der Waals surface area contributed by atoms with Crippen LogP contribution in [0.3, 0.4) is 0 Å². The molecule has 17 heavy (non-hydrogen) atoms. The van der Waals surface area contributed by atoms with Crippen LogP contribution < -0.4 is 10.1 Å². The largest absolute Gasteiger partial charge is 0.488 e. The Balaban J connectivity index is 1.75. The molecule has 0 bridgehead atoms. The fourth-order valence-corrected chi connectivity index (χ4v) is 2.14. The van der Waals surface area contributed by atoms with Crippen LogP contribution in [0, 0.1) is 19.3 Å². The molecular formula is C15H19NO. The lowest BCUT2D eigenvalue weighted by atomic mass is 10.1. The Morgan fingerprint density at radius 1 is 1.53 bits per heavy atom. The van der Waals surface area contributed by atoms with Gasteiger partial charge in [-0.15, -0.1) is 12.3 Å². The molecule has 1 N–H and O–H groups in total. The molecule has 1 unspecified atom stereocenters. The second kappa shape index (κ2) is 5.75. The summed E-state index contributed by atoms with van der Waals surface area (Å²) in [4.78, 5) is 0. The molecule has 0 amide bonds. The molecule has 1 aromatic rings. The van der Waals surface area contributed by atoms with Gasteiger partial charge in [0, 0.05) is 19.4 Å². The van der Waals surface area contributed by atoms with Crippen LogP contribution in [0.4, 0.5) is 0 Å². The number of terminal acetylenes is 1.